The predicted octanol–water partition coefficient (Wildman–Crippen LogP) is 1.06. The van der Waals surface area contributed by atoms with E-state index in [0.29, 0.717) is 6.54 Å². The zero-order valence-electron chi connectivity index (χ0n) is 7.88. The third kappa shape index (κ3) is 4.91. The molecule has 0 N–H and O–H groups in total. The first-order valence-electron chi connectivity index (χ1n) is 4.14. The van der Waals surface area contributed by atoms with E-state index in [-0.39, 0.29) is 5.97 Å². The Kier molecular flexibility index (Phi) is 6.38. The molecule has 0 amide bonds. The van der Waals surface area contributed by atoms with E-state index in [9.17, 15) is 4.79 Å². The monoisotopic (exact) mass is 171 g/mol. The second kappa shape index (κ2) is 6.85. The molecule has 0 heterocycles. The maximum absolute atomic E-state index is 10.9. The summed E-state index contributed by atoms with van der Waals surface area (Å²) in [5, 5.41) is 0. The normalized spacial score (nSPS) is 9.92. The Morgan fingerprint density at radius 3 is 2.75 bits per heavy atom. The first-order chi connectivity index (χ1) is 5.74. The fourth-order valence-electron chi connectivity index (χ4n) is 0.981. The van der Waals surface area contributed by atoms with Crippen LogP contribution in [0.5, 0.6) is 0 Å². The predicted molar refractivity (Wildman–Crippen MR) is 48.9 cm³/mol. The molecule has 0 saturated heterocycles. The van der Waals surface area contributed by atoms with Gasteiger partial charge in [-0.05, 0) is 13.0 Å². The molecular formula is C9H17NO2. The molecule has 70 valence electrons. The molecular weight excluding hydrogens is 154 g/mol. The van der Waals surface area contributed by atoms with Crippen molar-refractivity contribution in [3.63, 3.8) is 0 Å². The quantitative estimate of drug-likeness (QED) is 0.442. The van der Waals surface area contributed by atoms with Crippen molar-refractivity contribution in [1.82, 2.24) is 4.90 Å². The van der Waals surface area contributed by atoms with Crippen LogP contribution in [0.15, 0.2) is 12.7 Å². The van der Waals surface area contributed by atoms with Gasteiger partial charge in [0.25, 0.3) is 0 Å². The van der Waals surface area contributed by atoms with Gasteiger partial charge in [-0.25, -0.2) is 0 Å². The standard InChI is InChI=1S/C9H17NO2/c1-4-6-10(7-5-2)8-9(11)12-3/h4H,1,5-8H2,2-3H3. The van der Waals surface area contributed by atoms with Gasteiger partial charge in [0, 0.05) is 6.54 Å². The molecule has 3 heteroatoms. The summed E-state index contributed by atoms with van der Waals surface area (Å²) < 4.78 is 4.56. The number of hydrogen-bond acceptors (Lipinski definition) is 3. The van der Waals surface area contributed by atoms with Crippen molar-refractivity contribution in [3.8, 4) is 0 Å². The molecule has 0 rings (SSSR count). The Hall–Kier alpha value is -0.830. The van der Waals surface area contributed by atoms with Gasteiger partial charge >= 0.3 is 5.97 Å². The highest BCUT2D eigenvalue weighted by Gasteiger charge is 2.07. The van der Waals surface area contributed by atoms with E-state index in [4.69, 9.17) is 0 Å². The summed E-state index contributed by atoms with van der Waals surface area (Å²) >= 11 is 0. The van der Waals surface area contributed by atoms with Crippen LogP contribution >= 0.6 is 0 Å². The van der Waals surface area contributed by atoms with Crippen LogP contribution in [-0.2, 0) is 9.53 Å². The average molecular weight is 171 g/mol. The molecule has 0 saturated carbocycles. The van der Waals surface area contributed by atoms with E-state index >= 15 is 0 Å². The number of carbonyl (C=O) groups is 1. The van der Waals surface area contributed by atoms with Gasteiger partial charge < -0.3 is 4.74 Å². The van der Waals surface area contributed by atoms with E-state index in [2.05, 4.69) is 18.2 Å². The van der Waals surface area contributed by atoms with Gasteiger partial charge in [0.05, 0.1) is 13.7 Å². The molecule has 0 unspecified atom stereocenters. The summed E-state index contributed by atoms with van der Waals surface area (Å²) in [5.74, 6) is -0.190. The molecule has 0 aliphatic heterocycles. The van der Waals surface area contributed by atoms with Crippen molar-refractivity contribution in [2.24, 2.45) is 0 Å². The van der Waals surface area contributed by atoms with Gasteiger partial charge in [-0.2, -0.15) is 0 Å². The summed E-state index contributed by atoms with van der Waals surface area (Å²) in [6.07, 6.45) is 2.82. The highest BCUT2D eigenvalue weighted by Crippen LogP contribution is 1.92. The smallest absolute Gasteiger partial charge is 0.319 e. The number of esters is 1. The Labute approximate surface area is 74.0 Å². The van der Waals surface area contributed by atoms with Crippen molar-refractivity contribution in [3.05, 3.63) is 12.7 Å². The highest BCUT2D eigenvalue weighted by molar-refractivity contribution is 5.71. The summed E-state index contributed by atoms with van der Waals surface area (Å²) in [5.41, 5.74) is 0. The van der Waals surface area contributed by atoms with Gasteiger partial charge in [-0.15, -0.1) is 6.58 Å². The minimum absolute atomic E-state index is 0.190. The minimum Gasteiger partial charge on any atom is -0.468 e. The first kappa shape index (κ1) is 11.2. The van der Waals surface area contributed by atoms with Gasteiger partial charge in [-0.3, -0.25) is 9.69 Å². The van der Waals surface area contributed by atoms with Crippen LogP contribution < -0.4 is 0 Å². The summed E-state index contributed by atoms with van der Waals surface area (Å²) in [7, 11) is 1.40. The third-order valence-corrected chi connectivity index (χ3v) is 1.51. The molecule has 0 bridgehead atoms. The van der Waals surface area contributed by atoms with E-state index in [0.717, 1.165) is 19.5 Å². The summed E-state index contributed by atoms with van der Waals surface area (Å²) in [6, 6.07) is 0. The third-order valence-electron chi connectivity index (χ3n) is 1.51. The lowest BCUT2D eigenvalue weighted by atomic mass is 10.4. The Bertz CT molecular complexity index is 145. The second-order valence-corrected chi connectivity index (χ2v) is 2.60. The molecule has 3 nitrogen and oxygen atoms in total. The van der Waals surface area contributed by atoms with Gasteiger partial charge in [-0.1, -0.05) is 13.0 Å². The largest absolute Gasteiger partial charge is 0.468 e. The SMILES string of the molecule is C=CCN(CCC)CC(=O)OC. The highest BCUT2D eigenvalue weighted by atomic mass is 16.5. The summed E-state index contributed by atoms with van der Waals surface area (Å²) in [4.78, 5) is 12.9. The second-order valence-electron chi connectivity index (χ2n) is 2.60. The van der Waals surface area contributed by atoms with Crippen LogP contribution in [0.2, 0.25) is 0 Å². The number of carbonyl (C=O) groups excluding carboxylic acids is 1. The van der Waals surface area contributed by atoms with Crippen molar-refractivity contribution < 1.29 is 9.53 Å². The molecule has 0 atom stereocenters. The van der Waals surface area contributed by atoms with Crippen LogP contribution in [0, 0.1) is 0 Å². The van der Waals surface area contributed by atoms with Crippen LogP contribution in [0.3, 0.4) is 0 Å². The van der Waals surface area contributed by atoms with E-state index < -0.39 is 0 Å². The molecule has 0 aromatic heterocycles. The zero-order valence-corrected chi connectivity index (χ0v) is 7.88. The van der Waals surface area contributed by atoms with Gasteiger partial charge in [0.15, 0.2) is 0 Å². The van der Waals surface area contributed by atoms with E-state index in [1.54, 1.807) is 6.08 Å². The Morgan fingerprint density at radius 1 is 1.67 bits per heavy atom. The molecule has 0 aromatic carbocycles. The van der Waals surface area contributed by atoms with Crippen LogP contribution in [0.4, 0.5) is 0 Å². The van der Waals surface area contributed by atoms with E-state index in [1.165, 1.54) is 7.11 Å². The van der Waals surface area contributed by atoms with Gasteiger partial charge in [0.2, 0.25) is 0 Å². The number of rotatable bonds is 6. The molecule has 0 spiro atoms. The fraction of sp³-hybridized carbons (Fsp3) is 0.667. The first-order valence-corrected chi connectivity index (χ1v) is 4.14. The lowest BCUT2D eigenvalue weighted by Crippen LogP contribution is -2.31. The lowest BCUT2D eigenvalue weighted by molar-refractivity contribution is -0.141. The molecule has 0 aliphatic rings. The minimum atomic E-state index is -0.190. The van der Waals surface area contributed by atoms with Crippen molar-refractivity contribution in [1.29, 1.82) is 0 Å². The van der Waals surface area contributed by atoms with Crippen LogP contribution in [0.1, 0.15) is 13.3 Å². The zero-order chi connectivity index (χ0) is 9.40. The topological polar surface area (TPSA) is 29.5 Å². The average Bonchev–Trinajstić information content (AvgIpc) is 2.05. The molecule has 0 fully saturated rings. The van der Waals surface area contributed by atoms with Crippen LogP contribution in [0.25, 0.3) is 0 Å². The van der Waals surface area contributed by atoms with Crippen molar-refractivity contribution in [2.45, 2.75) is 13.3 Å². The number of hydrogen-bond donors (Lipinski definition) is 0. The summed E-state index contributed by atoms with van der Waals surface area (Å²) in [6.45, 7) is 7.70. The number of nitrogens with zero attached hydrogens (tertiary/aromatic N) is 1. The van der Waals surface area contributed by atoms with Crippen LogP contribution in [-0.4, -0.2) is 37.6 Å². The number of ether oxygens (including phenoxy) is 1. The maximum Gasteiger partial charge on any atom is 0.319 e. The van der Waals surface area contributed by atoms with E-state index in [1.807, 2.05) is 4.90 Å². The fourth-order valence-corrected chi connectivity index (χ4v) is 0.981. The molecule has 0 radical (unpaired) electrons. The lowest BCUT2D eigenvalue weighted by Gasteiger charge is -2.17. The van der Waals surface area contributed by atoms with Crippen molar-refractivity contribution >= 4 is 5.97 Å². The molecule has 0 aromatic rings. The number of methoxy groups -OCH3 is 1. The molecule has 12 heavy (non-hydrogen) atoms. The van der Waals surface area contributed by atoms with Gasteiger partial charge in [0.1, 0.15) is 0 Å². The Balaban J connectivity index is 3.76. The Morgan fingerprint density at radius 2 is 2.33 bits per heavy atom. The molecule has 0 aliphatic carbocycles. The maximum atomic E-state index is 10.9. The van der Waals surface area contributed by atoms with Crippen molar-refractivity contribution in [2.75, 3.05) is 26.7 Å².